The van der Waals surface area contributed by atoms with Gasteiger partial charge in [-0.1, -0.05) is 17.7 Å². The number of ether oxygens (including phenoxy) is 1. The van der Waals surface area contributed by atoms with Gasteiger partial charge in [-0.3, -0.25) is 4.79 Å². The van der Waals surface area contributed by atoms with Crippen molar-refractivity contribution in [2.24, 2.45) is 0 Å². The lowest BCUT2D eigenvalue weighted by atomic mass is 10.1. The molecule has 1 aromatic rings. The minimum absolute atomic E-state index is 0.0912. The van der Waals surface area contributed by atoms with Gasteiger partial charge in [0.15, 0.2) is 0 Å². The molecule has 102 valence electrons. The van der Waals surface area contributed by atoms with E-state index < -0.39 is 0 Å². The van der Waals surface area contributed by atoms with Crippen LogP contribution in [0.15, 0.2) is 28.4 Å². The highest BCUT2D eigenvalue weighted by Crippen LogP contribution is 2.21. The monoisotopic (exact) mass is 344 g/mol. The molecule has 2 heterocycles. The summed E-state index contributed by atoms with van der Waals surface area (Å²) in [6.07, 6.45) is 4.44. The second kappa shape index (κ2) is 6.50. The zero-order valence-corrected chi connectivity index (χ0v) is 12.9. The first-order chi connectivity index (χ1) is 9.11. The zero-order chi connectivity index (χ0) is 13.8. The molecule has 1 aromatic heterocycles. The number of rotatable bonds is 3. The molecule has 0 radical (unpaired) electrons. The number of pyridine rings is 1. The molecule has 1 amide bonds. The summed E-state index contributed by atoms with van der Waals surface area (Å²) in [7, 11) is 1.67. The quantitative estimate of drug-likeness (QED) is 0.625. The fourth-order valence-electron chi connectivity index (χ4n) is 1.96. The highest BCUT2D eigenvalue weighted by Gasteiger charge is 2.21. The van der Waals surface area contributed by atoms with E-state index in [1.807, 2.05) is 6.08 Å². The van der Waals surface area contributed by atoms with Gasteiger partial charge in [0.1, 0.15) is 5.15 Å². The van der Waals surface area contributed by atoms with Crippen molar-refractivity contribution in [1.82, 2.24) is 9.88 Å². The maximum atomic E-state index is 12.4. The highest BCUT2D eigenvalue weighted by atomic mass is 79.9. The van der Waals surface area contributed by atoms with Crippen LogP contribution in [0.25, 0.3) is 0 Å². The molecular weight excluding hydrogens is 332 g/mol. The van der Waals surface area contributed by atoms with Gasteiger partial charge in [0, 0.05) is 30.9 Å². The minimum atomic E-state index is -0.0912. The minimum Gasteiger partial charge on any atom is -0.380 e. The first kappa shape index (κ1) is 14.5. The van der Waals surface area contributed by atoms with Crippen molar-refractivity contribution in [3.63, 3.8) is 0 Å². The number of carbonyl (C=O) groups excluding carboxylic acids is 1. The van der Waals surface area contributed by atoms with E-state index in [-0.39, 0.29) is 11.1 Å². The first-order valence-electron chi connectivity index (χ1n) is 5.89. The lowest BCUT2D eigenvalue weighted by Gasteiger charge is -2.26. The third-order valence-electron chi connectivity index (χ3n) is 2.96. The molecule has 0 fully saturated rings. The van der Waals surface area contributed by atoms with Crippen molar-refractivity contribution in [2.75, 3.05) is 26.8 Å². The third kappa shape index (κ3) is 3.55. The molecule has 0 saturated carbocycles. The molecule has 0 aromatic carbocycles. The van der Waals surface area contributed by atoms with Gasteiger partial charge in [0.05, 0.1) is 12.2 Å². The number of methoxy groups -OCH3 is 1. The summed E-state index contributed by atoms with van der Waals surface area (Å²) in [5, 5.41) is 0.236. The van der Waals surface area contributed by atoms with E-state index in [0.29, 0.717) is 25.3 Å². The number of halogens is 2. The van der Waals surface area contributed by atoms with E-state index >= 15 is 0 Å². The molecule has 0 N–H and O–H groups in total. The van der Waals surface area contributed by atoms with E-state index in [4.69, 9.17) is 16.3 Å². The molecule has 0 atom stereocenters. The van der Waals surface area contributed by atoms with E-state index in [1.165, 1.54) is 5.57 Å². The molecule has 0 aliphatic carbocycles. The van der Waals surface area contributed by atoms with E-state index in [1.54, 1.807) is 24.3 Å². The lowest BCUT2D eigenvalue weighted by Crippen LogP contribution is -2.35. The molecule has 0 saturated heterocycles. The van der Waals surface area contributed by atoms with Crippen LogP contribution in [0.3, 0.4) is 0 Å². The Bertz CT molecular complexity index is 519. The second-order valence-corrected chi connectivity index (χ2v) is 5.56. The summed E-state index contributed by atoms with van der Waals surface area (Å²) in [4.78, 5) is 18.1. The van der Waals surface area contributed by atoms with Gasteiger partial charge in [-0.25, -0.2) is 4.98 Å². The van der Waals surface area contributed by atoms with Crippen LogP contribution in [-0.2, 0) is 4.74 Å². The number of hydrogen-bond donors (Lipinski definition) is 0. The molecule has 2 rings (SSSR count). The molecule has 6 heteroatoms. The van der Waals surface area contributed by atoms with Gasteiger partial charge in [-0.15, -0.1) is 0 Å². The van der Waals surface area contributed by atoms with Gasteiger partial charge in [-0.05, 0) is 34.0 Å². The van der Waals surface area contributed by atoms with Crippen molar-refractivity contribution in [3.8, 4) is 0 Å². The number of carbonyl (C=O) groups is 1. The summed E-state index contributed by atoms with van der Waals surface area (Å²) in [6.45, 7) is 1.89. The standard InChI is InChI=1S/C13H14BrClN2O2/c1-19-8-9-2-4-17(5-3-9)13(18)11-6-10(14)7-16-12(11)15/h2,6-7H,3-5,8H2,1H3. The Labute approximate surface area is 125 Å². The summed E-state index contributed by atoms with van der Waals surface area (Å²) in [6, 6.07) is 1.70. The molecule has 0 unspecified atom stereocenters. The van der Waals surface area contributed by atoms with Crippen molar-refractivity contribution >= 4 is 33.4 Å². The molecule has 0 bridgehead atoms. The van der Waals surface area contributed by atoms with Crippen LogP contribution in [0.5, 0.6) is 0 Å². The Morgan fingerprint density at radius 3 is 3.05 bits per heavy atom. The van der Waals surface area contributed by atoms with Crippen LogP contribution < -0.4 is 0 Å². The second-order valence-electron chi connectivity index (χ2n) is 4.29. The number of hydrogen-bond acceptors (Lipinski definition) is 3. The summed E-state index contributed by atoms with van der Waals surface area (Å²) < 4.78 is 5.83. The van der Waals surface area contributed by atoms with E-state index in [0.717, 1.165) is 10.9 Å². The normalized spacial score (nSPS) is 15.3. The zero-order valence-electron chi connectivity index (χ0n) is 10.5. The van der Waals surface area contributed by atoms with E-state index in [9.17, 15) is 4.79 Å². The maximum absolute atomic E-state index is 12.4. The first-order valence-corrected chi connectivity index (χ1v) is 7.06. The fraction of sp³-hybridized carbons (Fsp3) is 0.385. The Morgan fingerprint density at radius 1 is 1.63 bits per heavy atom. The van der Waals surface area contributed by atoms with Crippen LogP contribution in [-0.4, -0.2) is 42.6 Å². The Kier molecular flexibility index (Phi) is 4.96. The van der Waals surface area contributed by atoms with Gasteiger partial charge >= 0.3 is 0 Å². The number of aromatic nitrogens is 1. The highest BCUT2D eigenvalue weighted by molar-refractivity contribution is 9.10. The molecular formula is C13H14BrClN2O2. The molecule has 1 aliphatic heterocycles. The number of amides is 1. The predicted octanol–water partition coefficient (Wildman–Crippen LogP) is 2.92. The van der Waals surface area contributed by atoms with Gasteiger partial charge in [0.2, 0.25) is 0 Å². The Morgan fingerprint density at radius 2 is 2.42 bits per heavy atom. The Hall–Kier alpha value is -0.910. The van der Waals surface area contributed by atoms with Gasteiger partial charge in [-0.2, -0.15) is 0 Å². The largest absolute Gasteiger partial charge is 0.380 e. The Balaban J connectivity index is 2.11. The van der Waals surface area contributed by atoms with Crippen LogP contribution in [0.2, 0.25) is 5.15 Å². The SMILES string of the molecule is COCC1=CCN(C(=O)c2cc(Br)cnc2Cl)CC1. The molecule has 1 aliphatic rings. The molecule has 4 nitrogen and oxygen atoms in total. The topological polar surface area (TPSA) is 42.4 Å². The van der Waals surface area contributed by atoms with Crippen molar-refractivity contribution in [1.29, 1.82) is 0 Å². The van der Waals surface area contributed by atoms with Crippen LogP contribution in [0, 0.1) is 0 Å². The fourth-order valence-corrected chi connectivity index (χ4v) is 2.47. The van der Waals surface area contributed by atoms with E-state index in [2.05, 4.69) is 20.9 Å². The predicted molar refractivity (Wildman–Crippen MR) is 77.4 cm³/mol. The van der Waals surface area contributed by atoms with Crippen molar-refractivity contribution in [3.05, 3.63) is 39.1 Å². The summed E-state index contributed by atoms with van der Waals surface area (Å²) in [5.41, 5.74) is 1.66. The van der Waals surface area contributed by atoms with Crippen LogP contribution in [0.1, 0.15) is 16.8 Å². The van der Waals surface area contributed by atoms with Crippen molar-refractivity contribution in [2.45, 2.75) is 6.42 Å². The van der Waals surface area contributed by atoms with Crippen molar-refractivity contribution < 1.29 is 9.53 Å². The lowest BCUT2D eigenvalue weighted by molar-refractivity contribution is 0.0764. The van der Waals surface area contributed by atoms with Gasteiger partial charge < -0.3 is 9.64 Å². The average Bonchev–Trinajstić information content (AvgIpc) is 2.42. The average molecular weight is 346 g/mol. The van der Waals surface area contributed by atoms with Crippen LogP contribution >= 0.6 is 27.5 Å². The number of nitrogens with zero attached hydrogens (tertiary/aromatic N) is 2. The summed E-state index contributed by atoms with van der Waals surface area (Å²) >= 11 is 9.27. The molecule has 19 heavy (non-hydrogen) atoms. The van der Waals surface area contributed by atoms with Gasteiger partial charge in [0.25, 0.3) is 5.91 Å². The smallest absolute Gasteiger partial charge is 0.257 e. The maximum Gasteiger partial charge on any atom is 0.257 e. The molecule has 0 spiro atoms. The third-order valence-corrected chi connectivity index (χ3v) is 3.69. The van der Waals surface area contributed by atoms with Crippen LogP contribution in [0.4, 0.5) is 0 Å². The summed E-state index contributed by atoms with van der Waals surface area (Å²) in [5.74, 6) is -0.0912.